The maximum atomic E-state index is 10.0. The molecule has 6 aromatic rings. The summed E-state index contributed by atoms with van der Waals surface area (Å²) in [6.07, 6.45) is 2.98. The smallest absolute Gasteiger partial charge is 0.155 e. The van der Waals surface area contributed by atoms with Gasteiger partial charge < -0.3 is 9.52 Å². The molecule has 2 heterocycles. The van der Waals surface area contributed by atoms with Crippen LogP contribution in [0.1, 0.15) is 13.8 Å². The van der Waals surface area contributed by atoms with E-state index in [0.29, 0.717) is 0 Å². The van der Waals surface area contributed by atoms with Gasteiger partial charge in [-0.2, -0.15) is 0 Å². The van der Waals surface area contributed by atoms with Crippen molar-refractivity contribution in [2.45, 2.75) is 13.8 Å². The molecule has 1 radical (unpaired) electrons. The molecule has 0 atom stereocenters. The number of aliphatic hydroxyl groups excluding tert-OH is 1. The van der Waals surface area contributed by atoms with Crippen molar-refractivity contribution in [3.63, 3.8) is 0 Å². The predicted octanol–water partition coefficient (Wildman–Crippen LogP) is 8.30. The second-order valence-electron chi connectivity index (χ2n) is 8.54. The topological polar surface area (TPSA) is 63.3 Å². The second kappa shape index (κ2) is 11.3. The van der Waals surface area contributed by atoms with Gasteiger partial charge in [-0.05, 0) is 26.0 Å². The van der Waals surface area contributed by atoms with Crippen LogP contribution in [0.3, 0.4) is 0 Å². The third kappa shape index (κ3) is 5.54. The Hall–Kier alpha value is -4.05. The van der Waals surface area contributed by atoms with Crippen molar-refractivity contribution < 1.29 is 34.4 Å². The van der Waals surface area contributed by atoms with Crippen LogP contribution < -0.4 is 0 Å². The first-order valence-corrected chi connectivity index (χ1v) is 11.7. The van der Waals surface area contributed by atoms with Crippen LogP contribution in [0.2, 0.25) is 0 Å². The Morgan fingerprint density at radius 1 is 0.838 bits per heavy atom. The summed E-state index contributed by atoms with van der Waals surface area (Å²) in [6, 6.07) is 34.6. The molecule has 0 spiro atoms. The van der Waals surface area contributed by atoms with E-state index in [9.17, 15) is 4.79 Å². The van der Waals surface area contributed by atoms with Gasteiger partial charge in [0.25, 0.3) is 0 Å². The van der Waals surface area contributed by atoms with E-state index in [2.05, 4.69) is 72.8 Å². The van der Waals surface area contributed by atoms with Crippen LogP contribution in [0, 0.1) is 6.07 Å². The molecule has 1 N–H and O–H groups in total. The zero-order valence-corrected chi connectivity index (χ0v) is 22.8. The molecule has 0 fully saturated rings. The van der Waals surface area contributed by atoms with Crippen molar-refractivity contribution in [1.82, 2.24) is 4.98 Å². The first kappa shape index (κ1) is 26.0. The van der Waals surface area contributed by atoms with E-state index in [4.69, 9.17) is 14.5 Å². The number of benzene rings is 4. The normalized spacial score (nSPS) is 11.1. The van der Waals surface area contributed by atoms with E-state index < -0.39 is 0 Å². The summed E-state index contributed by atoms with van der Waals surface area (Å²) in [4.78, 5) is 14.8. The minimum atomic E-state index is -0.125. The molecule has 0 bridgehead atoms. The van der Waals surface area contributed by atoms with E-state index in [0.717, 1.165) is 44.3 Å². The Morgan fingerprint density at radius 3 is 2.16 bits per heavy atom. The Morgan fingerprint density at radius 2 is 1.49 bits per heavy atom. The van der Waals surface area contributed by atoms with Gasteiger partial charge in [-0.25, -0.2) is 0 Å². The standard InChI is InChI=1S/C27H16NO.C5H8O2.Ir/c1-2-8-18(9-3-1)26-17-24-25(29-26)14-15-28-27(24)23-16-19-10-4-5-11-20(19)21-12-6-7-13-22(21)23;1-4(6)3-5(2)7;/h1-15,17H;3,6H,1-2H3;/q-1;;/b;4-3-;. The number of aliphatic hydroxyl groups is 1. The van der Waals surface area contributed by atoms with Crippen molar-refractivity contribution in [2.24, 2.45) is 0 Å². The van der Waals surface area contributed by atoms with Gasteiger partial charge >= 0.3 is 0 Å². The number of aromatic nitrogens is 1. The zero-order valence-electron chi connectivity index (χ0n) is 20.4. The van der Waals surface area contributed by atoms with Gasteiger partial charge in [-0.15, -0.1) is 17.5 Å². The first-order valence-electron chi connectivity index (χ1n) is 11.7. The van der Waals surface area contributed by atoms with Gasteiger partial charge in [0.05, 0.1) is 5.76 Å². The maximum Gasteiger partial charge on any atom is 0.155 e. The number of ketones is 1. The molecule has 0 saturated carbocycles. The third-order valence-electron chi connectivity index (χ3n) is 5.83. The summed E-state index contributed by atoms with van der Waals surface area (Å²) in [5.41, 5.74) is 3.79. The molecular weight excluding hydrogens is 639 g/mol. The molecule has 4 aromatic carbocycles. The molecule has 0 aliphatic heterocycles. The van der Waals surface area contributed by atoms with E-state index in [1.807, 2.05) is 30.5 Å². The number of furan rings is 1. The number of pyridine rings is 1. The number of rotatable bonds is 3. The summed E-state index contributed by atoms with van der Waals surface area (Å²) in [5, 5.41) is 14.0. The second-order valence-corrected chi connectivity index (χ2v) is 8.54. The minimum absolute atomic E-state index is 0. The molecule has 2 aromatic heterocycles. The van der Waals surface area contributed by atoms with Crippen molar-refractivity contribution in [2.75, 3.05) is 0 Å². The first-order chi connectivity index (χ1) is 17.5. The predicted molar refractivity (Wildman–Crippen MR) is 146 cm³/mol. The monoisotopic (exact) mass is 663 g/mol. The van der Waals surface area contributed by atoms with Crippen molar-refractivity contribution in [1.29, 1.82) is 0 Å². The van der Waals surface area contributed by atoms with Crippen LogP contribution in [0.5, 0.6) is 0 Å². The van der Waals surface area contributed by atoms with Crippen molar-refractivity contribution in [3.05, 3.63) is 115 Å². The van der Waals surface area contributed by atoms with Gasteiger partial charge in [0.2, 0.25) is 0 Å². The van der Waals surface area contributed by atoms with Crippen LogP contribution in [-0.2, 0) is 24.9 Å². The fourth-order valence-corrected chi connectivity index (χ4v) is 4.35. The molecule has 0 aliphatic carbocycles. The van der Waals surface area contributed by atoms with Crippen LogP contribution in [0.25, 0.3) is 55.1 Å². The Labute approximate surface area is 228 Å². The van der Waals surface area contributed by atoms with Crippen LogP contribution in [0.4, 0.5) is 0 Å². The van der Waals surface area contributed by atoms with E-state index >= 15 is 0 Å². The molecule has 0 unspecified atom stereocenters. The average molecular weight is 663 g/mol. The van der Waals surface area contributed by atoms with Gasteiger partial charge in [0.15, 0.2) is 5.78 Å². The summed E-state index contributed by atoms with van der Waals surface area (Å²) in [7, 11) is 0. The van der Waals surface area contributed by atoms with Gasteiger partial charge in [0.1, 0.15) is 11.3 Å². The van der Waals surface area contributed by atoms with Gasteiger partial charge in [-0.1, -0.05) is 94.5 Å². The molecule has 0 amide bonds. The molecule has 5 heteroatoms. The van der Waals surface area contributed by atoms with Crippen LogP contribution in [-0.4, -0.2) is 15.9 Å². The fourth-order valence-electron chi connectivity index (χ4n) is 4.35. The molecule has 185 valence electrons. The largest absolute Gasteiger partial charge is 0.512 e. The Kier molecular flexibility index (Phi) is 7.98. The van der Waals surface area contributed by atoms with E-state index in [1.165, 1.54) is 30.7 Å². The van der Waals surface area contributed by atoms with Crippen molar-refractivity contribution >= 4 is 38.3 Å². The summed E-state index contributed by atoms with van der Waals surface area (Å²) >= 11 is 0. The van der Waals surface area contributed by atoms with Crippen LogP contribution >= 0.6 is 0 Å². The summed E-state index contributed by atoms with van der Waals surface area (Å²) in [5.74, 6) is 0.785. The number of allylic oxidation sites excluding steroid dienone is 2. The van der Waals surface area contributed by atoms with E-state index in [1.54, 1.807) is 0 Å². The maximum absolute atomic E-state index is 10.0. The molecular formula is C32H24IrNO3-. The number of hydrogen-bond donors (Lipinski definition) is 1. The van der Waals surface area contributed by atoms with Crippen LogP contribution in [0.15, 0.2) is 113 Å². The average Bonchev–Trinajstić information content (AvgIpc) is 3.33. The Bertz CT molecular complexity index is 1730. The van der Waals surface area contributed by atoms with Crippen molar-refractivity contribution in [3.8, 4) is 22.6 Å². The van der Waals surface area contributed by atoms with Gasteiger partial charge in [0, 0.05) is 49.0 Å². The van der Waals surface area contributed by atoms with E-state index in [-0.39, 0.29) is 31.6 Å². The molecule has 6 rings (SSSR count). The molecule has 0 saturated heterocycles. The molecule has 37 heavy (non-hydrogen) atoms. The number of nitrogens with zero attached hydrogens (tertiary/aromatic N) is 1. The Balaban J connectivity index is 0.000000356. The summed E-state index contributed by atoms with van der Waals surface area (Å²) < 4.78 is 6.16. The number of hydrogen-bond acceptors (Lipinski definition) is 4. The molecule has 4 nitrogen and oxygen atoms in total. The zero-order chi connectivity index (χ0) is 25.1. The number of carbonyl (C=O) groups excluding carboxylic acids is 1. The minimum Gasteiger partial charge on any atom is -0.512 e. The van der Waals surface area contributed by atoms with Gasteiger partial charge in [-0.3, -0.25) is 9.78 Å². The number of carbonyl (C=O) groups is 1. The fraction of sp³-hybridized carbons (Fsp3) is 0.0625. The number of fused-ring (bicyclic) bond motifs is 4. The quantitative estimate of drug-likeness (QED) is 0.0897. The SMILES string of the molecule is CC(=O)/C=C(/C)O.[Ir].[c-]1c(-c2nccc3oc(-c4ccccc4)cc23)c2ccccc2c2ccccc12. The summed E-state index contributed by atoms with van der Waals surface area (Å²) in [6.45, 7) is 2.85. The molecule has 0 aliphatic rings. The third-order valence-corrected chi connectivity index (χ3v) is 5.83.